The van der Waals surface area contributed by atoms with Crippen LogP contribution in [0.3, 0.4) is 0 Å². The minimum atomic E-state index is -0.623. The third-order valence-electron chi connectivity index (χ3n) is 4.96. The van der Waals surface area contributed by atoms with Crippen molar-refractivity contribution < 1.29 is 4.79 Å². The number of nitriles is 1. The van der Waals surface area contributed by atoms with Crippen molar-refractivity contribution in [3.63, 3.8) is 0 Å². The molecule has 1 aromatic carbocycles. The molecule has 1 N–H and O–H groups in total. The summed E-state index contributed by atoms with van der Waals surface area (Å²) >= 11 is 0. The molecule has 2 aliphatic rings. The van der Waals surface area contributed by atoms with Crippen molar-refractivity contribution in [2.75, 3.05) is 0 Å². The minimum absolute atomic E-state index is 0.00382. The number of benzene rings is 1. The number of carbonyl (C=O) groups is 1. The number of nitrogens with one attached hydrogen (secondary N) is 1. The molecule has 0 atom stereocenters. The summed E-state index contributed by atoms with van der Waals surface area (Å²) in [4.78, 5) is 12.6. The summed E-state index contributed by atoms with van der Waals surface area (Å²) in [6.45, 7) is 0. The summed E-state index contributed by atoms with van der Waals surface area (Å²) in [6.07, 6.45) is 7.65. The Morgan fingerprint density at radius 3 is 2.19 bits per heavy atom. The van der Waals surface area contributed by atoms with Gasteiger partial charge in [0, 0.05) is 5.92 Å². The van der Waals surface area contributed by atoms with E-state index in [-0.39, 0.29) is 11.8 Å². The maximum atomic E-state index is 12.6. The second-order valence-electron chi connectivity index (χ2n) is 6.47. The summed E-state index contributed by atoms with van der Waals surface area (Å²) in [5.74, 6) is 0.0607. The lowest BCUT2D eigenvalue weighted by molar-refractivity contribution is -0.126. The van der Waals surface area contributed by atoms with Crippen LogP contribution in [0.5, 0.6) is 0 Å². The Hall–Kier alpha value is -1.82. The number of nitrogens with zero attached hydrogens (tertiary/aromatic N) is 1. The molecule has 0 radical (unpaired) electrons. The first-order chi connectivity index (χ1) is 10.2. The highest BCUT2D eigenvalue weighted by atomic mass is 16.2. The van der Waals surface area contributed by atoms with E-state index in [1.54, 1.807) is 0 Å². The van der Waals surface area contributed by atoms with Crippen LogP contribution in [0.2, 0.25) is 0 Å². The number of rotatable bonds is 2. The largest absolute Gasteiger partial charge is 0.338 e. The highest BCUT2D eigenvalue weighted by Gasteiger charge is 2.36. The number of hydrogen-bond acceptors (Lipinski definition) is 2. The molecule has 0 aromatic heterocycles. The van der Waals surface area contributed by atoms with E-state index >= 15 is 0 Å². The molecule has 3 heteroatoms. The molecule has 0 bridgehead atoms. The van der Waals surface area contributed by atoms with Crippen LogP contribution >= 0.6 is 0 Å². The molecule has 3 rings (SSSR count). The van der Waals surface area contributed by atoms with Crippen LogP contribution in [0, 0.1) is 17.2 Å². The zero-order chi connectivity index (χ0) is 14.7. The molecule has 0 unspecified atom stereocenters. The number of hydrogen-bond donors (Lipinski definition) is 1. The normalized spacial score (nSPS) is 21.1. The van der Waals surface area contributed by atoms with Crippen LogP contribution in [0.15, 0.2) is 24.3 Å². The summed E-state index contributed by atoms with van der Waals surface area (Å²) < 4.78 is 0. The van der Waals surface area contributed by atoms with Crippen LogP contribution in [0.4, 0.5) is 0 Å². The fourth-order valence-corrected chi connectivity index (χ4v) is 3.68. The molecule has 1 saturated carbocycles. The zero-order valence-electron chi connectivity index (χ0n) is 12.4. The van der Waals surface area contributed by atoms with Crippen LogP contribution in [-0.2, 0) is 17.6 Å². The number of carbonyl (C=O) groups excluding carboxylic acids is 1. The molecular formula is C18H22N2O. The molecule has 0 aliphatic heterocycles. The van der Waals surface area contributed by atoms with Crippen molar-refractivity contribution >= 4 is 5.91 Å². The first kappa shape index (κ1) is 14.1. The van der Waals surface area contributed by atoms with Crippen LogP contribution in [0.1, 0.15) is 49.7 Å². The lowest BCUT2D eigenvalue weighted by atomic mass is 9.90. The number of amides is 1. The summed E-state index contributed by atoms with van der Waals surface area (Å²) in [7, 11) is 0. The monoisotopic (exact) mass is 282 g/mol. The molecule has 110 valence electrons. The average molecular weight is 282 g/mol. The standard InChI is InChI=1S/C18H22N2O/c19-13-18(9-5-1-2-6-10-18)20-17(21)16-11-14-7-3-4-8-15(14)12-16/h3-4,7-8,16H,1-2,5-6,9-12H2,(H,20,21). The quantitative estimate of drug-likeness (QED) is 0.847. The molecule has 0 saturated heterocycles. The van der Waals surface area contributed by atoms with Gasteiger partial charge in [-0.3, -0.25) is 4.79 Å². The van der Waals surface area contributed by atoms with Gasteiger partial charge in [0.1, 0.15) is 5.54 Å². The van der Waals surface area contributed by atoms with Gasteiger partial charge in [0.2, 0.25) is 5.91 Å². The first-order valence-corrected chi connectivity index (χ1v) is 8.02. The number of fused-ring (bicyclic) bond motifs is 1. The second kappa shape index (κ2) is 5.89. The fraction of sp³-hybridized carbons (Fsp3) is 0.556. The summed E-state index contributed by atoms with van der Waals surface area (Å²) in [5.41, 5.74) is 1.94. The van der Waals surface area contributed by atoms with Crippen LogP contribution in [0.25, 0.3) is 0 Å². The van der Waals surface area contributed by atoms with Gasteiger partial charge in [0.25, 0.3) is 0 Å². The van der Waals surface area contributed by atoms with Crippen molar-refractivity contribution in [3.05, 3.63) is 35.4 Å². The highest BCUT2D eigenvalue weighted by molar-refractivity contribution is 5.81. The summed E-state index contributed by atoms with van der Waals surface area (Å²) in [6, 6.07) is 10.7. The van der Waals surface area contributed by atoms with Crippen molar-refractivity contribution in [2.24, 2.45) is 5.92 Å². The van der Waals surface area contributed by atoms with Gasteiger partial charge in [-0.2, -0.15) is 5.26 Å². The predicted octanol–water partition coefficient (Wildman–Crippen LogP) is 3.13. The first-order valence-electron chi connectivity index (χ1n) is 8.02. The van der Waals surface area contributed by atoms with Crippen molar-refractivity contribution in [2.45, 2.75) is 56.9 Å². The molecule has 0 heterocycles. The maximum absolute atomic E-state index is 12.6. The molecule has 1 amide bonds. The van der Waals surface area contributed by atoms with Gasteiger partial charge >= 0.3 is 0 Å². The molecule has 0 spiro atoms. The van der Waals surface area contributed by atoms with E-state index in [2.05, 4.69) is 23.5 Å². The second-order valence-corrected chi connectivity index (χ2v) is 6.47. The maximum Gasteiger partial charge on any atom is 0.225 e. The zero-order valence-corrected chi connectivity index (χ0v) is 12.4. The topological polar surface area (TPSA) is 52.9 Å². The third kappa shape index (κ3) is 2.95. The SMILES string of the molecule is N#CC1(NC(=O)C2Cc3ccccc3C2)CCCCCC1. The lowest BCUT2D eigenvalue weighted by Crippen LogP contribution is -2.49. The Morgan fingerprint density at radius 2 is 1.67 bits per heavy atom. The molecule has 21 heavy (non-hydrogen) atoms. The van der Waals surface area contributed by atoms with E-state index < -0.39 is 5.54 Å². The van der Waals surface area contributed by atoms with Gasteiger partial charge < -0.3 is 5.32 Å². The van der Waals surface area contributed by atoms with E-state index in [4.69, 9.17) is 0 Å². The van der Waals surface area contributed by atoms with Gasteiger partial charge in [-0.15, -0.1) is 0 Å². The molecule has 3 nitrogen and oxygen atoms in total. The van der Waals surface area contributed by atoms with E-state index in [1.807, 2.05) is 12.1 Å². The van der Waals surface area contributed by atoms with Gasteiger partial charge in [0.15, 0.2) is 0 Å². The van der Waals surface area contributed by atoms with Crippen LogP contribution < -0.4 is 5.32 Å². The van der Waals surface area contributed by atoms with Gasteiger partial charge in [-0.1, -0.05) is 49.9 Å². The molecule has 2 aliphatic carbocycles. The van der Waals surface area contributed by atoms with E-state index in [9.17, 15) is 10.1 Å². The Morgan fingerprint density at radius 1 is 1.10 bits per heavy atom. The van der Waals surface area contributed by atoms with E-state index in [0.29, 0.717) is 0 Å². The lowest BCUT2D eigenvalue weighted by Gasteiger charge is -2.27. The van der Waals surface area contributed by atoms with Crippen LogP contribution in [-0.4, -0.2) is 11.4 Å². The molecular weight excluding hydrogens is 260 g/mol. The predicted molar refractivity (Wildman–Crippen MR) is 81.5 cm³/mol. The van der Waals surface area contributed by atoms with Gasteiger partial charge in [-0.05, 0) is 36.8 Å². The minimum Gasteiger partial charge on any atom is -0.338 e. The third-order valence-corrected chi connectivity index (χ3v) is 4.96. The van der Waals surface area contributed by atoms with E-state index in [1.165, 1.54) is 24.0 Å². The average Bonchev–Trinajstić information content (AvgIpc) is 2.81. The molecule has 1 fully saturated rings. The van der Waals surface area contributed by atoms with Crippen molar-refractivity contribution in [1.82, 2.24) is 5.32 Å². The Kier molecular flexibility index (Phi) is 3.96. The Labute approximate surface area is 126 Å². The van der Waals surface area contributed by atoms with Crippen molar-refractivity contribution in [1.29, 1.82) is 5.26 Å². The molecule has 1 aromatic rings. The van der Waals surface area contributed by atoms with E-state index in [0.717, 1.165) is 38.5 Å². The fourth-order valence-electron chi connectivity index (χ4n) is 3.68. The van der Waals surface area contributed by atoms with Gasteiger partial charge in [0.05, 0.1) is 6.07 Å². The highest BCUT2D eigenvalue weighted by Crippen LogP contribution is 2.30. The summed E-state index contributed by atoms with van der Waals surface area (Å²) in [5, 5.41) is 12.7. The smallest absolute Gasteiger partial charge is 0.225 e. The Balaban J connectivity index is 1.68. The van der Waals surface area contributed by atoms with Gasteiger partial charge in [-0.25, -0.2) is 0 Å². The Bertz CT molecular complexity index is 540. The van der Waals surface area contributed by atoms with Crippen molar-refractivity contribution in [3.8, 4) is 6.07 Å².